The monoisotopic (exact) mass is 421 g/mol. The van der Waals surface area contributed by atoms with E-state index in [2.05, 4.69) is 27.6 Å². The van der Waals surface area contributed by atoms with Crippen LogP contribution in [0.3, 0.4) is 0 Å². The van der Waals surface area contributed by atoms with Crippen LogP contribution in [0.2, 0.25) is 0 Å². The van der Waals surface area contributed by atoms with Crippen LogP contribution >= 0.6 is 22.7 Å². The Bertz CT molecular complexity index is 1110. The van der Waals surface area contributed by atoms with Crippen molar-refractivity contribution in [2.24, 2.45) is 5.92 Å². The number of aryl methyl sites for hydroxylation is 2. The van der Waals surface area contributed by atoms with E-state index in [4.69, 9.17) is 9.97 Å². The highest BCUT2D eigenvalue weighted by atomic mass is 32.1. The number of pyridine rings is 1. The van der Waals surface area contributed by atoms with Crippen molar-refractivity contribution in [2.75, 3.05) is 11.9 Å². The largest absolute Gasteiger partial charge is 0.369 e. The predicted molar refractivity (Wildman–Crippen MR) is 121 cm³/mol. The summed E-state index contributed by atoms with van der Waals surface area (Å²) in [5.74, 6) is 2.22. The number of aromatic nitrogens is 4. The maximum Gasteiger partial charge on any atom is 0.163 e. The zero-order valence-electron chi connectivity index (χ0n) is 16.4. The van der Waals surface area contributed by atoms with Crippen molar-refractivity contribution in [3.8, 4) is 11.4 Å². The smallest absolute Gasteiger partial charge is 0.163 e. The van der Waals surface area contributed by atoms with Gasteiger partial charge in [-0.15, -0.1) is 22.7 Å². The zero-order valence-corrected chi connectivity index (χ0v) is 18.0. The molecule has 29 heavy (non-hydrogen) atoms. The van der Waals surface area contributed by atoms with Crippen LogP contribution in [0, 0.1) is 5.92 Å². The van der Waals surface area contributed by atoms with Gasteiger partial charge in [-0.3, -0.25) is 4.98 Å². The van der Waals surface area contributed by atoms with Crippen molar-refractivity contribution in [1.29, 1.82) is 0 Å². The van der Waals surface area contributed by atoms with Crippen LogP contribution in [-0.4, -0.2) is 26.5 Å². The van der Waals surface area contributed by atoms with Crippen molar-refractivity contribution in [1.82, 2.24) is 19.9 Å². The predicted octanol–water partition coefficient (Wildman–Crippen LogP) is 5.38. The van der Waals surface area contributed by atoms with Gasteiger partial charge in [0.15, 0.2) is 5.82 Å². The first-order valence-electron chi connectivity index (χ1n) is 10.1. The van der Waals surface area contributed by atoms with Gasteiger partial charge in [0, 0.05) is 34.8 Å². The summed E-state index contributed by atoms with van der Waals surface area (Å²) in [6.07, 6.45) is 9.40. The molecule has 5 rings (SSSR count). The quantitative estimate of drug-likeness (QED) is 0.453. The maximum atomic E-state index is 4.96. The first kappa shape index (κ1) is 18.6. The Morgan fingerprint density at radius 1 is 1.14 bits per heavy atom. The lowest BCUT2D eigenvalue weighted by molar-refractivity contribution is 0.603. The van der Waals surface area contributed by atoms with Gasteiger partial charge in [-0.25, -0.2) is 15.0 Å². The van der Waals surface area contributed by atoms with Crippen LogP contribution in [0.4, 0.5) is 5.82 Å². The van der Waals surface area contributed by atoms with Crippen LogP contribution in [-0.2, 0) is 19.3 Å². The molecular formula is C22H23N5S2. The van der Waals surface area contributed by atoms with Crippen molar-refractivity contribution >= 4 is 38.7 Å². The van der Waals surface area contributed by atoms with Crippen molar-refractivity contribution < 1.29 is 0 Å². The average molecular weight is 422 g/mol. The highest BCUT2D eigenvalue weighted by Crippen LogP contribution is 2.39. The average Bonchev–Trinajstić information content (AvgIpc) is 3.39. The van der Waals surface area contributed by atoms with Gasteiger partial charge in [-0.2, -0.15) is 0 Å². The molecular weight excluding hydrogens is 398 g/mol. The first-order chi connectivity index (χ1) is 14.3. The molecule has 0 radical (unpaired) electrons. The molecule has 1 aliphatic rings. The summed E-state index contributed by atoms with van der Waals surface area (Å²) in [6.45, 7) is 3.13. The van der Waals surface area contributed by atoms with Gasteiger partial charge in [0.2, 0.25) is 0 Å². The molecule has 4 heterocycles. The van der Waals surface area contributed by atoms with Gasteiger partial charge in [-0.1, -0.05) is 6.92 Å². The number of hydrogen-bond donors (Lipinski definition) is 1. The molecule has 7 heteroatoms. The SMILES string of the molecule is C[C@H](CNc1nc(-c2ccncc2)nc2sc3c(c12)CCCC3)Cc1cscn1. The topological polar surface area (TPSA) is 63.6 Å². The number of rotatable bonds is 6. The maximum absolute atomic E-state index is 4.96. The second kappa shape index (κ2) is 8.16. The Morgan fingerprint density at radius 3 is 2.83 bits per heavy atom. The lowest BCUT2D eigenvalue weighted by Crippen LogP contribution is -2.15. The third-order valence-electron chi connectivity index (χ3n) is 5.41. The molecule has 1 N–H and O–H groups in total. The van der Waals surface area contributed by atoms with E-state index in [-0.39, 0.29) is 0 Å². The van der Waals surface area contributed by atoms with E-state index in [0.717, 1.165) is 41.4 Å². The van der Waals surface area contributed by atoms with Crippen LogP contribution in [0.15, 0.2) is 35.4 Å². The molecule has 1 atom stereocenters. The minimum Gasteiger partial charge on any atom is -0.369 e. The van der Waals surface area contributed by atoms with E-state index in [1.165, 1.54) is 40.8 Å². The van der Waals surface area contributed by atoms with E-state index in [0.29, 0.717) is 5.92 Å². The van der Waals surface area contributed by atoms with Crippen LogP contribution < -0.4 is 5.32 Å². The van der Waals surface area contributed by atoms with Gasteiger partial charge in [0.1, 0.15) is 10.6 Å². The number of fused-ring (bicyclic) bond motifs is 3. The number of thiazole rings is 1. The van der Waals surface area contributed by atoms with E-state index in [1.54, 1.807) is 23.7 Å². The fraction of sp³-hybridized carbons (Fsp3) is 0.364. The molecule has 0 aliphatic heterocycles. The number of anilines is 1. The summed E-state index contributed by atoms with van der Waals surface area (Å²) in [7, 11) is 0. The normalized spacial score (nSPS) is 14.7. The van der Waals surface area contributed by atoms with Crippen molar-refractivity contribution in [3.63, 3.8) is 0 Å². The third-order valence-corrected chi connectivity index (χ3v) is 7.23. The van der Waals surface area contributed by atoms with Gasteiger partial charge < -0.3 is 5.32 Å². The Hall–Kier alpha value is -2.38. The molecule has 148 valence electrons. The Kier molecular flexibility index (Phi) is 5.24. The van der Waals surface area contributed by atoms with E-state index >= 15 is 0 Å². The van der Waals surface area contributed by atoms with E-state index in [1.807, 2.05) is 29.0 Å². The molecule has 0 fully saturated rings. The Balaban J connectivity index is 1.50. The van der Waals surface area contributed by atoms with Gasteiger partial charge in [-0.05, 0) is 55.7 Å². The summed E-state index contributed by atoms with van der Waals surface area (Å²) in [5, 5.41) is 7.04. The minimum atomic E-state index is 0.473. The standard InChI is InChI=1S/C22H23N5S2/c1-14(10-16-12-28-13-25-16)11-24-21-19-17-4-2-3-5-18(17)29-22(19)27-20(26-21)15-6-8-23-9-7-15/h6-9,12-14H,2-5,10-11H2,1H3,(H,24,26,27)/t14-/m0/s1. The number of nitrogens with one attached hydrogen (secondary N) is 1. The number of thiophene rings is 1. The zero-order chi connectivity index (χ0) is 19.6. The highest BCUT2D eigenvalue weighted by Gasteiger charge is 2.22. The molecule has 4 aromatic rings. The first-order valence-corrected chi connectivity index (χ1v) is 11.9. The number of nitrogens with zero attached hydrogens (tertiary/aromatic N) is 4. The summed E-state index contributed by atoms with van der Waals surface area (Å²) >= 11 is 3.50. The summed E-state index contributed by atoms with van der Waals surface area (Å²) in [4.78, 5) is 21.0. The minimum absolute atomic E-state index is 0.473. The molecule has 0 spiro atoms. The van der Waals surface area contributed by atoms with E-state index < -0.39 is 0 Å². The Morgan fingerprint density at radius 2 is 2.00 bits per heavy atom. The molecule has 0 unspecified atom stereocenters. The molecule has 1 aliphatic carbocycles. The van der Waals surface area contributed by atoms with Crippen LogP contribution in [0.25, 0.3) is 21.6 Å². The fourth-order valence-corrected chi connectivity index (χ4v) is 5.79. The molecule has 0 saturated carbocycles. The van der Waals surface area contributed by atoms with Crippen LogP contribution in [0.1, 0.15) is 35.9 Å². The summed E-state index contributed by atoms with van der Waals surface area (Å²) in [6, 6.07) is 3.95. The second-order valence-electron chi connectivity index (χ2n) is 7.69. The van der Waals surface area contributed by atoms with Gasteiger partial charge >= 0.3 is 0 Å². The fourth-order valence-electron chi connectivity index (χ4n) is 3.95. The molecule has 5 nitrogen and oxygen atoms in total. The lowest BCUT2D eigenvalue weighted by Gasteiger charge is -2.15. The molecule has 0 amide bonds. The molecule has 0 saturated heterocycles. The van der Waals surface area contributed by atoms with E-state index in [9.17, 15) is 0 Å². The molecule has 4 aromatic heterocycles. The summed E-state index contributed by atoms with van der Waals surface area (Å²) < 4.78 is 0. The second-order valence-corrected chi connectivity index (χ2v) is 9.50. The lowest BCUT2D eigenvalue weighted by atomic mass is 9.97. The highest BCUT2D eigenvalue weighted by molar-refractivity contribution is 7.19. The van der Waals surface area contributed by atoms with Gasteiger partial charge in [0.25, 0.3) is 0 Å². The number of hydrogen-bond acceptors (Lipinski definition) is 7. The Labute approximate surface area is 178 Å². The molecule has 0 aromatic carbocycles. The van der Waals surface area contributed by atoms with Crippen molar-refractivity contribution in [2.45, 2.75) is 39.0 Å². The molecule has 0 bridgehead atoms. The van der Waals surface area contributed by atoms with Crippen LogP contribution in [0.5, 0.6) is 0 Å². The summed E-state index contributed by atoms with van der Waals surface area (Å²) in [5.41, 5.74) is 5.55. The van der Waals surface area contributed by atoms with Crippen molar-refractivity contribution in [3.05, 3.63) is 51.6 Å². The van der Waals surface area contributed by atoms with Gasteiger partial charge in [0.05, 0.1) is 16.6 Å². The third kappa shape index (κ3) is 3.89.